The summed E-state index contributed by atoms with van der Waals surface area (Å²) in [5.74, 6) is 1.26. The first-order valence-electron chi connectivity index (χ1n) is 9.97. The van der Waals surface area contributed by atoms with Crippen molar-refractivity contribution in [2.45, 2.75) is 32.9 Å². The van der Waals surface area contributed by atoms with Crippen LogP contribution in [0.5, 0.6) is 5.75 Å². The van der Waals surface area contributed by atoms with Crippen LogP contribution in [0.2, 0.25) is 0 Å². The van der Waals surface area contributed by atoms with Crippen molar-refractivity contribution in [1.29, 1.82) is 0 Å². The van der Waals surface area contributed by atoms with Gasteiger partial charge in [-0.2, -0.15) is 5.10 Å². The number of aromatic nitrogens is 2. The molecule has 0 radical (unpaired) electrons. The molecule has 0 unspecified atom stereocenters. The minimum absolute atomic E-state index is 0.290. The molecule has 9 heteroatoms. The highest BCUT2D eigenvalue weighted by Crippen LogP contribution is 2.15. The van der Waals surface area contributed by atoms with Gasteiger partial charge in [0.2, 0.25) is 0 Å². The number of rotatable bonds is 4. The summed E-state index contributed by atoms with van der Waals surface area (Å²) >= 11 is 0. The lowest BCUT2D eigenvalue weighted by Crippen LogP contribution is -2.53. The van der Waals surface area contributed by atoms with E-state index in [1.54, 1.807) is 16.7 Å². The molecule has 3 rings (SSSR count). The summed E-state index contributed by atoms with van der Waals surface area (Å²) in [5.41, 5.74) is 7.43. The maximum absolute atomic E-state index is 12.2. The van der Waals surface area contributed by atoms with Gasteiger partial charge in [0.05, 0.1) is 25.0 Å². The molecule has 9 nitrogen and oxygen atoms in total. The van der Waals surface area contributed by atoms with Crippen LogP contribution in [0, 0.1) is 0 Å². The van der Waals surface area contributed by atoms with E-state index in [-0.39, 0.29) is 6.09 Å². The predicted molar refractivity (Wildman–Crippen MR) is 115 cm³/mol. The summed E-state index contributed by atoms with van der Waals surface area (Å²) in [7, 11) is 1.64. The monoisotopic (exact) mass is 414 g/mol. The number of carbonyl (C=O) groups is 1. The summed E-state index contributed by atoms with van der Waals surface area (Å²) in [6.07, 6.45) is 1.60. The molecule has 2 aromatic rings. The van der Waals surface area contributed by atoms with E-state index in [1.807, 2.05) is 62.2 Å². The number of benzene rings is 1. The molecule has 1 aliphatic heterocycles. The molecule has 0 saturated carbocycles. The maximum Gasteiger partial charge on any atom is 0.410 e. The van der Waals surface area contributed by atoms with E-state index in [0.717, 1.165) is 17.1 Å². The molecule has 1 aromatic heterocycles. The molecule has 2 N–H and O–H groups in total. The SMILES string of the molecule is COc1ccc(-n2ccc(CN=C(N)N3CCN(C(=O)OC(C)(C)C)CC3)n2)cc1. The van der Waals surface area contributed by atoms with Crippen LogP contribution in [-0.2, 0) is 11.3 Å². The van der Waals surface area contributed by atoms with Crippen LogP contribution < -0.4 is 10.5 Å². The number of piperazine rings is 1. The van der Waals surface area contributed by atoms with Crippen LogP contribution in [0.1, 0.15) is 26.5 Å². The average molecular weight is 415 g/mol. The Labute approximate surface area is 177 Å². The van der Waals surface area contributed by atoms with Gasteiger partial charge in [-0.3, -0.25) is 0 Å². The van der Waals surface area contributed by atoms with E-state index in [0.29, 0.717) is 38.7 Å². The number of nitrogens with zero attached hydrogens (tertiary/aromatic N) is 5. The Morgan fingerprint density at radius 2 is 1.73 bits per heavy atom. The zero-order valence-corrected chi connectivity index (χ0v) is 18.0. The van der Waals surface area contributed by atoms with Crippen molar-refractivity contribution in [3.05, 3.63) is 42.2 Å². The van der Waals surface area contributed by atoms with Crippen molar-refractivity contribution < 1.29 is 14.3 Å². The zero-order chi connectivity index (χ0) is 21.7. The van der Waals surface area contributed by atoms with E-state index in [1.165, 1.54) is 0 Å². The highest BCUT2D eigenvalue weighted by Gasteiger charge is 2.26. The number of guanidine groups is 1. The van der Waals surface area contributed by atoms with Crippen molar-refractivity contribution in [3.63, 3.8) is 0 Å². The van der Waals surface area contributed by atoms with E-state index >= 15 is 0 Å². The second kappa shape index (κ2) is 9.06. The number of aliphatic imine (C=N–C) groups is 1. The van der Waals surface area contributed by atoms with Crippen molar-refractivity contribution in [2.24, 2.45) is 10.7 Å². The second-order valence-corrected chi connectivity index (χ2v) is 8.08. The van der Waals surface area contributed by atoms with Gasteiger partial charge in [0.1, 0.15) is 11.4 Å². The number of hydrogen-bond donors (Lipinski definition) is 1. The average Bonchev–Trinajstić information content (AvgIpc) is 3.20. The molecule has 0 aliphatic carbocycles. The number of methoxy groups -OCH3 is 1. The lowest BCUT2D eigenvalue weighted by molar-refractivity contribution is 0.0186. The Bertz CT molecular complexity index is 877. The molecule has 1 saturated heterocycles. The van der Waals surface area contributed by atoms with Gasteiger partial charge in [0, 0.05) is 32.4 Å². The van der Waals surface area contributed by atoms with Crippen LogP contribution >= 0.6 is 0 Å². The van der Waals surface area contributed by atoms with Gasteiger partial charge < -0.3 is 25.0 Å². The van der Waals surface area contributed by atoms with Crippen LogP contribution in [0.3, 0.4) is 0 Å². The highest BCUT2D eigenvalue weighted by molar-refractivity contribution is 5.78. The van der Waals surface area contributed by atoms with Gasteiger partial charge in [-0.15, -0.1) is 0 Å². The summed E-state index contributed by atoms with van der Waals surface area (Å²) in [6, 6.07) is 9.59. The summed E-state index contributed by atoms with van der Waals surface area (Å²) in [4.78, 5) is 20.3. The molecule has 1 aliphatic rings. The molecule has 1 aromatic carbocycles. The topological polar surface area (TPSA) is 98.2 Å². The van der Waals surface area contributed by atoms with Crippen molar-refractivity contribution in [2.75, 3.05) is 33.3 Å². The number of nitrogens with two attached hydrogens (primary N) is 1. The van der Waals surface area contributed by atoms with Crippen molar-refractivity contribution in [1.82, 2.24) is 19.6 Å². The van der Waals surface area contributed by atoms with Crippen molar-refractivity contribution in [3.8, 4) is 11.4 Å². The fourth-order valence-corrected chi connectivity index (χ4v) is 3.03. The van der Waals surface area contributed by atoms with Gasteiger partial charge in [0.25, 0.3) is 0 Å². The molecular weight excluding hydrogens is 384 g/mol. The van der Waals surface area contributed by atoms with E-state index in [2.05, 4.69) is 10.1 Å². The molecule has 1 fully saturated rings. The fraction of sp³-hybridized carbons (Fsp3) is 0.476. The molecular formula is C21H30N6O3. The normalized spacial score (nSPS) is 15.3. The second-order valence-electron chi connectivity index (χ2n) is 8.08. The summed E-state index contributed by atoms with van der Waals surface area (Å²) in [5, 5.41) is 4.55. The molecule has 0 bridgehead atoms. The van der Waals surface area contributed by atoms with Gasteiger partial charge in [0.15, 0.2) is 5.96 Å². The summed E-state index contributed by atoms with van der Waals surface area (Å²) < 4.78 is 12.4. The molecule has 30 heavy (non-hydrogen) atoms. The maximum atomic E-state index is 12.2. The Kier molecular flexibility index (Phi) is 6.49. The van der Waals surface area contributed by atoms with E-state index < -0.39 is 5.60 Å². The smallest absolute Gasteiger partial charge is 0.410 e. The third-order valence-electron chi connectivity index (χ3n) is 4.64. The van der Waals surface area contributed by atoms with Gasteiger partial charge in [-0.05, 0) is 51.1 Å². The third kappa shape index (κ3) is 5.65. The van der Waals surface area contributed by atoms with Crippen LogP contribution in [0.25, 0.3) is 5.69 Å². The lowest BCUT2D eigenvalue weighted by Gasteiger charge is -2.36. The number of ether oxygens (including phenoxy) is 2. The largest absolute Gasteiger partial charge is 0.497 e. The Balaban J connectivity index is 1.52. The molecule has 2 heterocycles. The Morgan fingerprint density at radius 3 is 2.33 bits per heavy atom. The minimum atomic E-state index is -0.496. The van der Waals surface area contributed by atoms with E-state index in [9.17, 15) is 4.79 Å². The Morgan fingerprint density at radius 1 is 1.10 bits per heavy atom. The molecule has 0 spiro atoms. The first kappa shape index (κ1) is 21.5. The summed E-state index contributed by atoms with van der Waals surface area (Å²) in [6.45, 7) is 8.32. The third-order valence-corrected chi connectivity index (χ3v) is 4.64. The Hall–Kier alpha value is -3.23. The zero-order valence-electron chi connectivity index (χ0n) is 18.0. The first-order chi connectivity index (χ1) is 14.2. The number of amides is 1. The lowest BCUT2D eigenvalue weighted by atomic mass is 10.2. The standard InChI is InChI=1S/C21H30N6O3/c1-21(2,3)30-20(28)26-13-11-25(12-14-26)19(22)23-15-16-9-10-27(24-16)17-5-7-18(29-4)8-6-17/h5-10H,11-15H2,1-4H3,(H2,22,23). The van der Waals surface area contributed by atoms with Crippen LogP contribution in [0.15, 0.2) is 41.5 Å². The van der Waals surface area contributed by atoms with Crippen LogP contribution in [0.4, 0.5) is 4.79 Å². The number of carbonyl (C=O) groups excluding carboxylic acids is 1. The van der Waals surface area contributed by atoms with Crippen LogP contribution in [-0.4, -0.2) is 70.5 Å². The minimum Gasteiger partial charge on any atom is -0.497 e. The van der Waals surface area contributed by atoms with E-state index in [4.69, 9.17) is 15.2 Å². The van der Waals surface area contributed by atoms with Gasteiger partial charge in [-0.1, -0.05) is 0 Å². The number of hydrogen-bond acceptors (Lipinski definition) is 5. The quantitative estimate of drug-likeness (QED) is 0.609. The van der Waals surface area contributed by atoms with Gasteiger partial charge >= 0.3 is 6.09 Å². The first-order valence-corrected chi connectivity index (χ1v) is 9.97. The molecule has 0 atom stereocenters. The predicted octanol–water partition coefficient (Wildman–Crippen LogP) is 2.25. The van der Waals surface area contributed by atoms with Crippen molar-refractivity contribution >= 4 is 12.1 Å². The molecule has 162 valence electrons. The fourth-order valence-electron chi connectivity index (χ4n) is 3.03. The molecule has 1 amide bonds. The highest BCUT2D eigenvalue weighted by atomic mass is 16.6. The van der Waals surface area contributed by atoms with Gasteiger partial charge in [-0.25, -0.2) is 14.5 Å².